The summed E-state index contributed by atoms with van der Waals surface area (Å²) in [5.41, 5.74) is 3.21. The zero-order valence-electron chi connectivity index (χ0n) is 19.2. The fourth-order valence-corrected chi connectivity index (χ4v) is 7.41. The van der Waals surface area contributed by atoms with E-state index in [4.69, 9.17) is 4.74 Å². The number of fused-ring (bicyclic) bond motifs is 3. The molecule has 1 aliphatic heterocycles. The Labute approximate surface area is 185 Å². The minimum Gasteiger partial charge on any atom is -0.490 e. The number of hydrogen-bond acceptors (Lipinski definition) is 2. The van der Waals surface area contributed by atoms with Gasteiger partial charge in [-0.1, -0.05) is 26.8 Å². The number of rotatable bonds is 5. The summed E-state index contributed by atoms with van der Waals surface area (Å²) >= 11 is 0. The van der Waals surface area contributed by atoms with Crippen LogP contribution < -0.4 is 4.74 Å². The first-order valence-electron chi connectivity index (χ1n) is 12.4. The molecule has 4 fully saturated rings. The van der Waals surface area contributed by atoms with Crippen molar-refractivity contribution < 1.29 is 9.53 Å². The number of likely N-dealkylation sites (tertiary alicyclic amines) is 1. The molecule has 3 aliphatic carbocycles. The Bertz CT molecular complexity index is 1020. The van der Waals surface area contributed by atoms with Crippen LogP contribution in [0.3, 0.4) is 0 Å². The summed E-state index contributed by atoms with van der Waals surface area (Å²) in [4.78, 5) is 19.3. The molecule has 3 bridgehead atoms. The van der Waals surface area contributed by atoms with Crippen molar-refractivity contribution in [1.29, 1.82) is 0 Å². The van der Waals surface area contributed by atoms with Crippen molar-refractivity contribution >= 4 is 16.8 Å². The van der Waals surface area contributed by atoms with E-state index in [1.165, 1.54) is 43.1 Å². The van der Waals surface area contributed by atoms with E-state index in [0.29, 0.717) is 41.2 Å². The van der Waals surface area contributed by atoms with Gasteiger partial charge in [0.2, 0.25) is 5.91 Å². The number of benzene rings is 1. The number of aromatic nitrogens is 1. The minimum absolute atomic E-state index is 0.176. The molecule has 31 heavy (non-hydrogen) atoms. The third kappa shape index (κ3) is 3.29. The number of aromatic amines is 1. The van der Waals surface area contributed by atoms with Gasteiger partial charge in [0.05, 0.1) is 6.10 Å². The Balaban J connectivity index is 1.23. The Kier molecular flexibility index (Phi) is 4.30. The van der Waals surface area contributed by atoms with Crippen LogP contribution in [0, 0.1) is 16.7 Å². The second-order valence-corrected chi connectivity index (χ2v) is 11.8. The average Bonchev–Trinajstić information content (AvgIpc) is 3.40. The lowest BCUT2D eigenvalue weighted by Crippen LogP contribution is -2.61. The van der Waals surface area contributed by atoms with Crippen LogP contribution in [0.15, 0.2) is 24.4 Å². The van der Waals surface area contributed by atoms with Gasteiger partial charge in [-0.3, -0.25) is 4.79 Å². The lowest BCUT2D eigenvalue weighted by molar-refractivity contribution is -0.157. The van der Waals surface area contributed by atoms with Crippen LogP contribution in [-0.4, -0.2) is 34.5 Å². The molecule has 1 saturated heterocycles. The predicted octanol–water partition coefficient (Wildman–Crippen LogP) is 6.02. The average molecular weight is 421 g/mol. The van der Waals surface area contributed by atoms with Crippen LogP contribution >= 0.6 is 0 Å². The van der Waals surface area contributed by atoms with Crippen LogP contribution in [0.25, 0.3) is 10.9 Å². The number of nitrogens with one attached hydrogen (secondary N) is 1. The standard InChI is InChI=1S/C27H36N2O2/c1-17(21-14-28-22-5-4-6-23(25(21)22)31-20-7-8-20)11-24(30)29-15-18-9-10-26(2)12-19(29)13-27(18,3)16-26/h4-6,14,17-20,28H,7-13,15-16H2,1-3H3. The molecule has 1 N–H and O–H groups in total. The van der Waals surface area contributed by atoms with Crippen molar-refractivity contribution in [3.05, 3.63) is 30.0 Å². The second-order valence-electron chi connectivity index (χ2n) is 11.8. The van der Waals surface area contributed by atoms with Gasteiger partial charge < -0.3 is 14.6 Å². The molecular formula is C27H36N2O2. The van der Waals surface area contributed by atoms with Crippen molar-refractivity contribution in [1.82, 2.24) is 9.88 Å². The number of piperidine rings is 1. The summed E-state index contributed by atoms with van der Waals surface area (Å²) in [6.45, 7) is 8.15. The number of carbonyl (C=O) groups is 1. The van der Waals surface area contributed by atoms with Gasteiger partial charge in [-0.25, -0.2) is 0 Å². The number of H-pyrrole nitrogens is 1. The molecule has 5 atom stereocenters. The molecule has 6 rings (SSSR count). The fraction of sp³-hybridized carbons (Fsp3) is 0.667. The normalized spacial score (nSPS) is 35.4. The summed E-state index contributed by atoms with van der Waals surface area (Å²) in [5, 5.41) is 1.17. The molecule has 2 heterocycles. The van der Waals surface area contributed by atoms with E-state index in [1.54, 1.807) is 0 Å². The first-order chi connectivity index (χ1) is 14.8. The van der Waals surface area contributed by atoms with Gasteiger partial charge in [0.1, 0.15) is 5.75 Å². The van der Waals surface area contributed by atoms with E-state index in [2.05, 4.69) is 55.1 Å². The Morgan fingerprint density at radius 2 is 2.10 bits per heavy atom. The van der Waals surface area contributed by atoms with Gasteiger partial charge >= 0.3 is 0 Å². The SMILES string of the molecule is CC(CC(=O)N1CC2CCC3(C)CC1CC2(C)C3)c1c[nH]c2cccc(OC3CC3)c12. The van der Waals surface area contributed by atoms with Gasteiger partial charge in [0.25, 0.3) is 0 Å². The van der Waals surface area contributed by atoms with Crippen molar-refractivity contribution in [3.8, 4) is 5.75 Å². The number of ether oxygens (including phenoxy) is 1. The van der Waals surface area contributed by atoms with Gasteiger partial charge in [0, 0.05) is 36.1 Å². The van der Waals surface area contributed by atoms with Crippen LogP contribution in [-0.2, 0) is 4.79 Å². The van der Waals surface area contributed by atoms with Crippen molar-refractivity contribution in [2.45, 2.75) is 90.2 Å². The van der Waals surface area contributed by atoms with E-state index in [-0.39, 0.29) is 5.92 Å². The molecule has 3 saturated carbocycles. The summed E-state index contributed by atoms with van der Waals surface area (Å²) in [6, 6.07) is 6.69. The first kappa shape index (κ1) is 19.7. The summed E-state index contributed by atoms with van der Waals surface area (Å²) in [5.74, 6) is 2.19. The molecule has 4 nitrogen and oxygen atoms in total. The number of amides is 1. The molecule has 5 unspecified atom stereocenters. The molecule has 1 aromatic heterocycles. The van der Waals surface area contributed by atoms with Gasteiger partial charge in [-0.05, 0) is 85.3 Å². The highest BCUT2D eigenvalue weighted by molar-refractivity contribution is 5.90. The molecule has 2 aromatic rings. The molecule has 1 aromatic carbocycles. The number of hydrogen-bond donors (Lipinski definition) is 1. The highest BCUT2D eigenvalue weighted by atomic mass is 16.5. The topological polar surface area (TPSA) is 45.3 Å². The molecule has 166 valence electrons. The van der Waals surface area contributed by atoms with E-state index in [1.807, 2.05) is 0 Å². The Hall–Kier alpha value is -1.97. The van der Waals surface area contributed by atoms with Crippen LogP contribution in [0.4, 0.5) is 0 Å². The summed E-state index contributed by atoms with van der Waals surface area (Å²) in [7, 11) is 0. The molecular weight excluding hydrogens is 384 g/mol. The largest absolute Gasteiger partial charge is 0.490 e. The third-order valence-electron chi connectivity index (χ3n) is 9.05. The van der Waals surface area contributed by atoms with Gasteiger partial charge in [0.15, 0.2) is 0 Å². The molecule has 0 radical (unpaired) electrons. The van der Waals surface area contributed by atoms with Crippen LogP contribution in [0.5, 0.6) is 5.75 Å². The fourth-order valence-electron chi connectivity index (χ4n) is 7.41. The second kappa shape index (κ2) is 6.76. The number of carbonyl (C=O) groups excluding carboxylic acids is 1. The zero-order valence-corrected chi connectivity index (χ0v) is 19.2. The maximum Gasteiger partial charge on any atom is 0.223 e. The van der Waals surface area contributed by atoms with Gasteiger partial charge in [-0.15, -0.1) is 0 Å². The highest BCUT2D eigenvalue weighted by Gasteiger charge is 2.56. The minimum atomic E-state index is 0.176. The smallest absolute Gasteiger partial charge is 0.223 e. The third-order valence-corrected chi connectivity index (χ3v) is 9.05. The quantitative estimate of drug-likeness (QED) is 0.643. The zero-order chi connectivity index (χ0) is 21.4. The van der Waals surface area contributed by atoms with E-state index in [9.17, 15) is 4.79 Å². The van der Waals surface area contributed by atoms with E-state index < -0.39 is 0 Å². The lowest BCUT2D eigenvalue weighted by Gasteiger charge is -2.62. The molecule has 1 amide bonds. The van der Waals surface area contributed by atoms with Crippen molar-refractivity contribution in [2.24, 2.45) is 16.7 Å². The lowest BCUT2D eigenvalue weighted by atomic mass is 9.49. The van der Waals surface area contributed by atoms with Crippen molar-refractivity contribution in [2.75, 3.05) is 6.54 Å². The highest BCUT2D eigenvalue weighted by Crippen LogP contribution is 2.61. The number of nitrogens with zero attached hydrogens (tertiary/aromatic N) is 1. The first-order valence-corrected chi connectivity index (χ1v) is 12.4. The van der Waals surface area contributed by atoms with E-state index >= 15 is 0 Å². The molecule has 4 heteroatoms. The van der Waals surface area contributed by atoms with Crippen molar-refractivity contribution in [3.63, 3.8) is 0 Å². The van der Waals surface area contributed by atoms with E-state index in [0.717, 1.165) is 30.7 Å². The Morgan fingerprint density at radius 1 is 1.26 bits per heavy atom. The summed E-state index contributed by atoms with van der Waals surface area (Å²) < 4.78 is 6.20. The molecule has 4 aliphatic rings. The maximum absolute atomic E-state index is 13.6. The Morgan fingerprint density at radius 3 is 2.90 bits per heavy atom. The monoisotopic (exact) mass is 420 g/mol. The summed E-state index contributed by atoms with van der Waals surface area (Å²) in [6.07, 6.45) is 11.8. The maximum atomic E-state index is 13.6. The molecule has 0 spiro atoms. The van der Waals surface area contributed by atoms with Gasteiger partial charge in [-0.2, -0.15) is 0 Å². The predicted molar refractivity (Wildman–Crippen MR) is 123 cm³/mol. The van der Waals surface area contributed by atoms with Crippen LogP contribution in [0.2, 0.25) is 0 Å². The van der Waals surface area contributed by atoms with Crippen LogP contribution in [0.1, 0.15) is 83.6 Å².